The molecule has 2 N–H and O–H groups in total. The van der Waals surface area contributed by atoms with Crippen LogP contribution >= 0.6 is 0 Å². The number of aryl methyl sites for hydroxylation is 2. The normalized spacial score (nSPS) is 13.6. The number of carbonyl (C=O) groups excluding carboxylic acids is 2. The van der Waals surface area contributed by atoms with Gasteiger partial charge in [-0.05, 0) is 79.8 Å². The number of pyridine rings is 1. The third-order valence-electron chi connectivity index (χ3n) is 8.65. The van der Waals surface area contributed by atoms with Crippen molar-refractivity contribution in [3.8, 4) is 17.9 Å². The number of nitrogens with one attached hydrogen (secondary N) is 2. The van der Waals surface area contributed by atoms with Crippen LogP contribution in [-0.4, -0.2) is 67.5 Å². The van der Waals surface area contributed by atoms with Crippen LogP contribution in [0.2, 0.25) is 0 Å². The summed E-state index contributed by atoms with van der Waals surface area (Å²) in [6, 6.07) is 14.2. The van der Waals surface area contributed by atoms with Crippen LogP contribution in [0.15, 0.2) is 67.3 Å². The fourth-order valence-corrected chi connectivity index (χ4v) is 5.77. The van der Waals surface area contributed by atoms with E-state index in [1.54, 1.807) is 61.9 Å². The molecule has 0 bridgehead atoms. The molecule has 0 spiro atoms. The van der Waals surface area contributed by atoms with Crippen LogP contribution < -0.4 is 10.6 Å². The lowest BCUT2D eigenvalue weighted by Crippen LogP contribution is -2.48. The Kier molecular flexibility index (Phi) is 8.91. The highest BCUT2D eigenvalue weighted by atomic mass is 19.1. The number of imidazole rings is 1. The highest BCUT2D eigenvalue weighted by molar-refractivity contribution is 6.04. The van der Waals surface area contributed by atoms with Gasteiger partial charge in [0.1, 0.15) is 11.5 Å². The Morgan fingerprint density at radius 3 is 2.63 bits per heavy atom. The molecule has 1 saturated heterocycles. The van der Waals surface area contributed by atoms with E-state index in [0.29, 0.717) is 54.3 Å². The number of nitrogens with zero attached hydrogens (tertiary/aromatic N) is 7. The van der Waals surface area contributed by atoms with Crippen molar-refractivity contribution in [2.45, 2.75) is 32.7 Å². The zero-order valence-electron chi connectivity index (χ0n) is 28.0. The molecular formula is C37H36FN9O2. The molecule has 12 heteroatoms. The average Bonchev–Trinajstić information content (AvgIpc) is 3.68. The first-order chi connectivity index (χ1) is 23.4. The van der Waals surface area contributed by atoms with Crippen molar-refractivity contribution in [3.63, 3.8) is 0 Å². The molecule has 2 aromatic carbocycles. The average molecular weight is 658 g/mol. The van der Waals surface area contributed by atoms with Crippen LogP contribution in [0.1, 0.15) is 52.2 Å². The fourth-order valence-electron chi connectivity index (χ4n) is 5.77. The molecule has 1 aliphatic heterocycles. The summed E-state index contributed by atoms with van der Waals surface area (Å²) in [6.45, 7) is 7.47. The molecule has 248 valence electrons. The van der Waals surface area contributed by atoms with Gasteiger partial charge in [0, 0.05) is 57.4 Å². The topological polar surface area (TPSA) is 124 Å². The maximum absolute atomic E-state index is 15.2. The number of hydrogen-bond acceptors (Lipinski definition) is 7. The monoisotopic (exact) mass is 657 g/mol. The number of carbonyl (C=O) groups is 2. The van der Waals surface area contributed by atoms with Gasteiger partial charge in [0.15, 0.2) is 5.65 Å². The maximum Gasteiger partial charge on any atom is 0.258 e. The van der Waals surface area contributed by atoms with E-state index < -0.39 is 17.1 Å². The quantitative estimate of drug-likeness (QED) is 0.237. The molecule has 3 aromatic heterocycles. The van der Waals surface area contributed by atoms with Crippen molar-refractivity contribution in [1.29, 1.82) is 5.26 Å². The molecule has 4 heterocycles. The van der Waals surface area contributed by atoms with Crippen molar-refractivity contribution in [1.82, 2.24) is 29.0 Å². The molecule has 2 amide bonds. The predicted molar refractivity (Wildman–Crippen MR) is 185 cm³/mol. The van der Waals surface area contributed by atoms with E-state index in [4.69, 9.17) is 0 Å². The second-order valence-electron chi connectivity index (χ2n) is 12.8. The Bertz CT molecular complexity index is 2200. The van der Waals surface area contributed by atoms with E-state index in [-0.39, 0.29) is 11.5 Å². The van der Waals surface area contributed by atoms with Gasteiger partial charge in [-0.2, -0.15) is 10.4 Å². The molecule has 0 radical (unpaired) electrons. The van der Waals surface area contributed by atoms with Gasteiger partial charge >= 0.3 is 0 Å². The number of amides is 2. The van der Waals surface area contributed by atoms with Crippen LogP contribution in [0.4, 0.5) is 21.5 Å². The third-order valence-corrected chi connectivity index (χ3v) is 8.65. The minimum atomic E-state index is -0.877. The van der Waals surface area contributed by atoms with Crippen LogP contribution in [0.5, 0.6) is 0 Å². The maximum atomic E-state index is 15.2. The van der Waals surface area contributed by atoms with E-state index in [1.165, 1.54) is 12.1 Å². The highest BCUT2D eigenvalue weighted by Crippen LogP contribution is 2.30. The van der Waals surface area contributed by atoms with Crippen LogP contribution in [0.3, 0.4) is 0 Å². The van der Waals surface area contributed by atoms with E-state index >= 15 is 4.39 Å². The highest BCUT2D eigenvalue weighted by Gasteiger charge is 2.27. The number of fused-ring (bicyclic) bond motifs is 1. The molecule has 1 aliphatic rings. The molecule has 49 heavy (non-hydrogen) atoms. The number of nitriles is 1. The van der Waals surface area contributed by atoms with Gasteiger partial charge < -0.3 is 15.5 Å². The number of anilines is 3. The zero-order chi connectivity index (χ0) is 34.9. The Hall–Kier alpha value is -5.98. The summed E-state index contributed by atoms with van der Waals surface area (Å²) < 4.78 is 18.8. The third kappa shape index (κ3) is 7.00. The van der Waals surface area contributed by atoms with Crippen molar-refractivity contribution < 1.29 is 14.0 Å². The molecule has 0 atom stereocenters. The van der Waals surface area contributed by atoms with Gasteiger partial charge in [-0.1, -0.05) is 12.0 Å². The minimum Gasteiger partial charge on any atom is -0.350 e. The Balaban J connectivity index is 1.24. The number of piperazine rings is 1. The molecule has 5 aromatic rings. The Morgan fingerprint density at radius 1 is 1.08 bits per heavy atom. The minimum absolute atomic E-state index is 0.0437. The van der Waals surface area contributed by atoms with Crippen molar-refractivity contribution >= 4 is 34.5 Å². The molecule has 0 saturated carbocycles. The van der Waals surface area contributed by atoms with Gasteiger partial charge in [0.2, 0.25) is 5.91 Å². The molecule has 11 nitrogen and oxygen atoms in total. The standard InChI is InChI=1S/C37H36FN9O2/c1-24-15-32(38)30(16-25(24)9-11-29-19-40-35-33(7-6-12-47(29)35)42-28-18-41-45(5)21-28)36(49)43-27-10-8-26(31(17-27)37(2,3)23-39)20-46-14-13-44(4)34(48)22-46/h6-8,10,12,15-19,21,42H,13-14,20,22H2,1-5H3,(H,43,49). The van der Waals surface area contributed by atoms with Gasteiger partial charge in [0.25, 0.3) is 5.91 Å². The van der Waals surface area contributed by atoms with Gasteiger partial charge in [-0.25, -0.2) is 9.37 Å². The van der Waals surface area contributed by atoms with Crippen LogP contribution in [0.25, 0.3) is 5.65 Å². The number of aromatic nitrogens is 4. The lowest BCUT2D eigenvalue weighted by atomic mass is 9.82. The first kappa shape index (κ1) is 32.9. The summed E-state index contributed by atoms with van der Waals surface area (Å²) in [5, 5.41) is 20.3. The van der Waals surface area contributed by atoms with Crippen molar-refractivity contribution in [2.75, 3.05) is 37.3 Å². The largest absolute Gasteiger partial charge is 0.350 e. The smallest absolute Gasteiger partial charge is 0.258 e. The Labute approximate surface area is 284 Å². The first-order valence-corrected chi connectivity index (χ1v) is 15.8. The molecule has 0 aliphatic carbocycles. The summed E-state index contributed by atoms with van der Waals surface area (Å²) in [5.74, 6) is 4.95. The lowest BCUT2D eigenvalue weighted by Gasteiger charge is -2.33. The number of hydrogen-bond donors (Lipinski definition) is 2. The first-order valence-electron chi connectivity index (χ1n) is 15.8. The van der Waals surface area contributed by atoms with Gasteiger partial charge in [-0.3, -0.25) is 23.6 Å². The van der Waals surface area contributed by atoms with E-state index in [0.717, 1.165) is 22.5 Å². The summed E-state index contributed by atoms with van der Waals surface area (Å²) in [7, 11) is 3.63. The second-order valence-corrected chi connectivity index (χ2v) is 12.8. The molecule has 0 unspecified atom stereocenters. The number of halogens is 1. The summed E-state index contributed by atoms with van der Waals surface area (Å²) in [4.78, 5) is 34.0. The van der Waals surface area contributed by atoms with E-state index in [9.17, 15) is 14.9 Å². The van der Waals surface area contributed by atoms with E-state index in [2.05, 4.69) is 38.6 Å². The lowest BCUT2D eigenvalue weighted by molar-refractivity contribution is -0.134. The SMILES string of the molecule is Cc1cc(F)c(C(=O)Nc2ccc(CN3CCN(C)C(=O)C3)c(C(C)(C)C#N)c2)cc1C#Cc1cnc2c(Nc3cnn(C)c3)cccn12. The number of benzene rings is 2. The summed E-state index contributed by atoms with van der Waals surface area (Å²) in [6.07, 6.45) is 7.10. The summed E-state index contributed by atoms with van der Waals surface area (Å²) in [5.41, 5.74) is 4.98. The van der Waals surface area contributed by atoms with Gasteiger partial charge in [-0.15, -0.1) is 0 Å². The number of rotatable bonds is 7. The Morgan fingerprint density at radius 2 is 1.90 bits per heavy atom. The van der Waals surface area contributed by atoms with Crippen molar-refractivity contribution in [3.05, 3.63) is 107 Å². The second kappa shape index (κ2) is 13.3. The van der Waals surface area contributed by atoms with Crippen molar-refractivity contribution in [2.24, 2.45) is 7.05 Å². The van der Waals surface area contributed by atoms with Gasteiger partial charge in [0.05, 0.1) is 47.4 Å². The van der Waals surface area contributed by atoms with Crippen LogP contribution in [0, 0.1) is 35.9 Å². The predicted octanol–water partition coefficient (Wildman–Crippen LogP) is 4.99. The molecule has 6 rings (SSSR count). The van der Waals surface area contributed by atoms with E-state index in [1.807, 2.05) is 46.9 Å². The molecular weight excluding hydrogens is 621 g/mol. The summed E-state index contributed by atoms with van der Waals surface area (Å²) >= 11 is 0. The number of likely N-dealkylation sites (N-methyl/N-ethyl adjacent to an activating group) is 1. The fraction of sp³-hybridized carbons (Fsp3) is 0.270. The van der Waals surface area contributed by atoms with Crippen LogP contribution in [-0.2, 0) is 23.8 Å². The zero-order valence-corrected chi connectivity index (χ0v) is 28.0. The molecule has 1 fully saturated rings.